The number of aromatic nitrogens is 1. The van der Waals surface area contributed by atoms with Crippen molar-refractivity contribution in [1.82, 2.24) is 4.98 Å². The van der Waals surface area contributed by atoms with Gasteiger partial charge in [0.15, 0.2) is 0 Å². The van der Waals surface area contributed by atoms with Gasteiger partial charge >= 0.3 is 5.69 Å². The maximum Gasteiger partial charge on any atom is 0.311 e. The molecule has 2 aromatic heterocycles. The Hall–Kier alpha value is -1.86. The minimum Gasteiger partial charge on any atom is -0.370 e. The zero-order chi connectivity index (χ0) is 15.2. The zero-order valence-electron chi connectivity index (χ0n) is 11.4. The number of nitrogens with one attached hydrogen (secondary N) is 2. The fourth-order valence-corrected chi connectivity index (χ4v) is 2.73. The number of halogens is 1. The van der Waals surface area contributed by atoms with Crippen molar-refractivity contribution in [3.05, 3.63) is 43.6 Å². The van der Waals surface area contributed by atoms with Gasteiger partial charge < -0.3 is 10.6 Å². The van der Waals surface area contributed by atoms with Gasteiger partial charge in [0.05, 0.1) is 15.8 Å². The zero-order valence-corrected chi connectivity index (χ0v) is 13.0. The van der Waals surface area contributed by atoms with Crippen LogP contribution in [0.1, 0.15) is 18.2 Å². The first-order chi connectivity index (χ1) is 10.1. The number of nitro groups is 1. The summed E-state index contributed by atoms with van der Waals surface area (Å²) in [6.07, 6.45) is 0.953. The van der Waals surface area contributed by atoms with E-state index < -0.39 is 4.92 Å². The summed E-state index contributed by atoms with van der Waals surface area (Å²) in [6.45, 7) is 3.26. The highest BCUT2D eigenvalue weighted by Crippen LogP contribution is 2.26. The van der Waals surface area contributed by atoms with Crippen LogP contribution in [0.2, 0.25) is 4.34 Å². The summed E-state index contributed by atoms with van der Waals surface area (Å²) in [5.74, 6) is 0.875. The number of nitrogens with zero attached hydrogens (tertiary/aromatic N) is 2. The lowest BCUT2D eigenvalue weighted by atomic mass is 10.3. The first-order valence-corrected chi connectivity index (χ1v) is 7.67. The van der Waals surface area contributed by atoms with E-state index in [1.807, 2.05) is 13.0 Å². The van der Waals surface area contributed by atoms with E-state index in [0.29, 0.717) is 16.7 Å². The number of anilines is 2. The molecule has 2 aromatic rings. The summed E-state index contributed by atoms with van der Waals surface area (Å²) in [5.41, 5.74) is -0.0419. The summed E-state index contributed by atoms with van der Waals surface area (Å²) in [6, 6.07) is 6.74. The molecule has 0 amide bonds. The highest BCUT2D eigenvalue weighted by molar-refractivity contribution is 7.16. The lowest BCUT2D eigenvalue weighted by Crippen LogP contribution is -2.07. The molecule has 2 heterocycles. The fourth-order valence-electron chi connectivity index (χ4n) is 1.70. The van der Waals surface area contributed by atoms with Gasteiger partial charge in [0.2, 0.25) is 5.82 Å². The normalized spacial score (nSPS) is 10.4. The third-order valence-electron chi connectivity index (χ3n) is 2.69. The largest absolute Gasteiger partial charge is 0.370 e. The van der Waals surface area contributed by atoms with E-state index >= 15 is 0 Å². The summed E-state index contributed by atoms with van der Waals surface area (Å²) in [5, 5.41) is 17.2. The van der Waals surface area contributed by atoms with Crippen LogP contribution in [0.25, 0.3) is 0 Å². The van der Waals surface area contributed by atoms with Gasteiger partial charge in [-0.05, 0) is 24.6 Å². The van der Waals surface area contributed by atoms with Crippen molar-refractivity contribution in [2.24, 2.45) is 0 Å². The van der Waals surface area contributed by atoms with Gasteiger partial charge in [-0.25, -0.2) is 4.98 Å². The van der Waals surface area contributed by atoms with E-state index in [9.17, 15) is 10.1 Å². The maximum absolute atomic E-state index is 11.0. The lowest BCUT2D eigenvalue weighted by molar-refractivity contribution is -0.384. The summed E-state index contributed by atoms with van der Waals surface area (Å²) < 4.78 is 0.688. The molecule has 0 aromatic carbocycles. The smallest absolute Gasteiger partial charge is 0.311 e. The molecule has 0 fully saturated rings. The third kappa shape index (κ3) is 4.30. The van der Waals surface area contributed by atoms with Crippen LogP contribution < -0.4 is 10.6 Å². The van der Waals surface area contributed by atoms with E-state index in [4.69, 9.17) is 11.6 Å². The molecule has 0 unspecified atom stereocenters. The SMILES string of the molecule is CCCNc1ccc([N+](=O)[O-])c(NCc2ccc(Cl)s2)n1. The Bertz CT molecular complexity index is 632. The number of hydrogen-bond acceptors (Lipinski definition) is 6. The molecule has 0 saturated carbocycles. The van der Waals surface area contributed by atoms with Gasteiger partial charge in [0, 0.05) is 17.5 Å². The van der Waals surface area contributed by atoms with Crippen LogP contribution in [0.4, 0.5) is 17.3 Å². The first-order valence-electron chi connectivity index (χ1n) is 6.47. The van der Waals surface area contributed by atoms with Crippen molar-refractivity contribution < 1.29 is 4.92 Å². The second kappa shape index (κ2) is 7.24. The highest BCUT2D eigenvalue weighted by atomic mass is 35.5. The van der Waals surface area contributed by atoms with Gasteiger partial charge in [-0.1, -0.05) is 18.5 Å². The minimum atomic E-state index is -0.444. The van der Waals surface area contributed by atoms with Crippen LogP contribution >= 0.6 is 22.9 Å². The summed E-state index contributed by atoms with van der Waals surface area (Å²) in [4.78, 5) is 15.9. The van der Waals surface area contributed by atoms with Crippen LogP contribution in [-0.4, -0.2) is 16.5 Å². The molecule has 0 bridgehead atoms. The van der Waals surface area contributed by atoms with E-state index in [0.717, 1.165) is 17.8 Å². The Morgan fingerprint density at radius 3 is 2.76 bits per heavy atom. The first kappa shape index (κ1) is 15.5. The molecule has 0 aliphatic rings. The van der Waals surface area contributed by atoms with Crippen molar-refractivity contribution in [2.75, 3.05) is 17.2 Å². The Kier molecular flexibility index (Phi) is 5.35. The van der Waals surface area contributed by atoms with E-state index in [1.165, 1.54) is 17.4 Å². The van der Waals surface area contributed by atoms with Gasteiger partial charge in [0.1, 0.15) is 5.82 Å². The fraction of sp³-hybridized carbons (Fsp3) is 0.308. The molecule has 0 saturated heterocycles. The molecule has 0 atom stereocenters. The number of hydrogen-bond donors (Lipinski definition) is 2. The van der Waals surface area contributed by atoms with Crippen LogP contribution in [-0.2, 0) is 6.54 Å². The van der Waals surface area contributed by atoms with Crippen molar-refractivity contribution in [1.29, 1.82) is 0 Å². The molecule has 8 heteroatoms. The number of thiophene rings is 1. The standard InChI is InChI=1S/C13H15ClN4O2S/c1-2-7-15-12-6-4-10(18(19)20)13(17-12)16-8-9-3-5-11(14)21-9/h3-6H,2,7-8H2,1H3,(H2,15,16,17). The number of rotatable bonds is 7. The molecular weight excluding hydrogens is 312 g/mol. The lowest BCUT2D eigenvalue weighted by Gasteiger charge is -2.08. The van der Waals surface area contributed by atoms with Crippen LogP contribution in [0, 0.1) is 10.1 Å². The molecule has 112 valence electrons. The molecular formula is C13H15ClN4O2S. The molecule has 21 heavy (non-hydrogen) atoms. The molecule has 0 aliphatic carbocycles. The van der Waals surface area contributed by atoms with Gasteiger partial charge in [0.25, 0.3) is 0 Å². The second-order valence-electron chi connectivity index (χ2n) is 4.31. The number of pyridine rings is 1. The van der Waals surface area contributed by atoms with E-state index in [-0.39, 0.29) is 11.5 Å². The Morgan fingerprint density at radius 1 is 1.33 bits per heavy atom. The summed E-state index contributed by atoms with van der Waals surface area (Å²) >= 11 is 7.29. The molecule has 6 nitrogen and oxygen atoms in total. The molecule has 0 aliphatic heterocycles. The monoisotopic (exact) mass is 326 g/mol. The van der Waals surface area contributed by atoms with E-state index in [2.05, 4.69) is 15.6 Å². The van der Waals surface area contributed by atoms with Crippen molar-refractivity contribution in [2.45, 2.75) is 19.9 Å². The van der Waals surface area contributed by atoms with Gasteiger partial charge in [-0.3, -0.25) is 10.1 Å². The van der Waals surface area contributed by atoms with Gasteiger partial charge in [-0.15, -0.1) is 11.3 Å². The molecule has 0 spiro atoms. The van der Waals surface area contributed by atoms with Crippen molar-refractivity contribution >= 4 is 40.3 Å². The second-order valence-corrected chi connectivity index (χ2v) is 6.11. The quantitative estimate of drug-likeness (QED) is 0.590. The highest BCUT2D eigenvalue weighted by Gasteiger charge is 2.16. The van der Waals surface area contributed by atoms with E-state index in [1.54, 1.807) is 12.1 Å². The third-order valence-corrected chi connectivity index (χ3v) is 3.92. The predicted molar refractivity (Wildman–Crippen MR) is 86.3 cm³/mol. The Morgan fingerprint density at radius 2 is 2.14 bits per heavy atom. The topological polar surface area (TPSA) is 80.1 Å². The van der Waals surface area contributed by atoms with Crippen molar-refractivity contribution in [3.63, 3.8) is 0 Å². The predicted octanol–water partition coefficient (Wildman–Crippen LogP) is 4.14. The van der Waals surface area contributed by atoms with Crippen LogP contribution in [0.5, 0.6) is 0 Å². The Balaban J connectivity index is 2.15. The molecule has 2 rings (SSSR count). The summed E-state index contributed by atoms with van der Waals surface area (Å²) in [7, 11) is 0. The molecule has 0 radical (unpaired) electrons. The van der Waals surface area contributed by atoms with Crippen molar-refractivity contribution in [3.8, 4) is 0 Å². The van der Waals surface area contributed by atoms with Crippen LogP contribution in [0.15, 0.2) is 24.3 Å². The average Bonchev–Trinajstić information content (AvgIpc) is 2.88. The van der Waals surface area contributed by atoms with Crippen LogP contribution in [0.3, 0.4) is 0 Å². The maximum atomic E-state index is 11.0. The molecule has 2 N–H and O–H groups in total. The Labute approximate surface area is 131 Å². The minimum absolute atomic E-state index is 0.0419. The average molecular weight is 327 g/mol. The van der Waals surface area contributed by atoms with Gasteiger partial charge in [-0.2, -0.15) is 0 Å².